The van der Waals surface area contributed by atoms with E-state index in [1.807, 2.05) is 36.4 Å². The molecule has 0 spiro atoms. The van der Waals surface area contributed by atoms with E-state index >= 15 is 0 Å². The van der Waals surface area contributed by atoms with Gasteiger partial charge in [-0.05, 0) is 35.0 Å². The first kappa shape index (κ1) is 8.81. The van der Waals surface area contributed by atoms with Crippen LogP contribution in [0.15, 0.2) is 42.6 Å². The third-order valence-electron chi connectivity index (χ3n) is 2.61. The highest BCUT2D eigenvalue weighted by atomic mass is 15.1. The third-order valence-corrected chi connectivity index (χ3v) is 2.61. The van der Waals surface area contributed by atoms with Crippen molar-refractivity contribution in [1.29, 1.82) is 5.26 Å². The van der Waals surface area contributed by atoms with Crippen molar-refractivity contribution in [2.75, 3.05) is 0 Å². The average molecular weight is 205 g/mol. The maximum absolute atomic E-state index is 8.84. The Labute approximate surface area is 92.3 Å². The summed E-state index contributed by atoms with van der Waals surface area (Å²) in [4.78, 5) is 0. The molecule has 0 saturated heterocycles. The van der Waals surface area contributed by atoms with Crippen LogP contribution in [0.4, 0.5) is 0 Å². The molecule has 1 aliphatic heterocycles. The van der Waals surface area contributed by atoms with Crippen LogP contribution in [-0.4, -0.2) is 10.2 Å². The SMILES string of the molecule is N#Cc1ccc2cc3cnnc-3ccc2c1. The first-order valence-electron chi connectivity index (χ1n) is 4.92. The van der Waals surface area contributed by atoms with Gasteiger partial charge in [-0.1, -0.05) is 12.1 Å². The van der Waals surface area contributed by atoms with Gasteiger partial charge in [0, 0.05) is 5.56 Å². The molecule has 3 rings (SSSR count). The second kappa shape index (κ2) is 3.28. The van der Waals surface area contributed by atoms with Crippen molar-refractivity contribution < 1.29 is 0 Å². The molecule has 0 aromatic heterocycles. The van der Waals surface area contributed by atoms with Crippen LogP contribution in [0.1, 0.15) is 5.56 Å². The Balaban J connectivity index is 2.40. The monoisotopic (exact) mass is 205 g/mol. The smallest absolute Gasteiger partial charge is 0.0991 e. The van der Waals surface area contributed by atoms with Crippen molar-refractivity contribution in [3.05, 3.63) is 48.2 Å². The minimum absolute atomic E-state index is 0.671. The molecule has 0 amide bonds. The van der Waals surface area contributed by atoms with E-state index in [0.717, 1.165) is 22.0 Å². The molecule has 0 bridgehead atoms. The molecule has 0 radical (unpaired) electrons. The molecule has 16 heavy (non-hydrogen) atoms. The van der Waals surface area contributed by atoms with E-state index in [-0.39, 0.29) is 0 Å². The topological polar surface area (TPSA) is 49.6 Å². The van der Waals surface area contributed by atoms with E-state index in [1.165, 1.54) is 0 Å². The summed E-state index contributed by atoms with van der Waals surface area (Å²) in [7, 11) is 0. The molecule has 1 aliphatic carbocycles. The van der Waals surface area contributed by atoms with Crippen molar-refractivity contribution in [3.8, 4) is 17.3 Å². The number of hydrogen-bond acceptors (Lipinski definition) is 3. The quantitative estimate of drug-likeness (QED) is 0.566. The Morgan fingerprint density at radius 3 is 2.69 bits per heavy atom. The Morgan fingerprint density at radius 1 is 1.00 bits per heavy atom. The number of benzene rings is 1. The van der Waals surface area contributed by atoms with Gasteiger partial charge in [0.15, 0.2) is 0 Å². The molecule has 74 valence electrons. The van der Waals surface area contributed by atoms with Crippen LogP contribution >= 0.6 is 0 Å². The third kappa shape index (κ3) is 1.29. The standard InChI is InChI=1S/C13H7N3/c14-7-9-1-2-11-6-12-8-15-16-13(12)4-3-10(11)5-9/h1-6,8H. The fourth-order valence-electron chi connectivity index (χ4n) is 1.77. The Kier molecular flexibility index (Phi) is 1.81. The summed E-state index contributed by atoms with van der Waals surface area (Å²) in [6, 6.07) is 13.7. The van der Waals surface area contributed by atoms with Gasteiger partial charge in [-0.3, -0.25) is 0 Å². The zero-order valence-corrected chi connectivity index (χ0v) is 8.38. The molecule has 2 aliphatic rings. The van der Waals surface area contributed by atoms with Crippen molar-refractivity contribution >= 4 is 10.8 Å². The van der Waals surface area contributed by atoms with Crippen molar-refractivity contribution in [2.45, 2.75) is 0 Å². The molecule has 0 unspecified atom stereocenters. The summed E-state index contributed by atoms with van der Waals surface area (Å²) < 4.78 is 0. The number of aromatic nitrogens is 2. The number of rotatable bonds is 0. The number of nitrogens with zero attached hydrogens (tertiary/aromatic N) is 3. The van der Waals surface area contributed by atoms with E-state index in [0.29, 0.717) is 5.56 Å². The minimum atomic E-state index is 0.671. The lowest BCUT2D eigenvalue weighted by molar-refractivity contribution is 1.10. The normalized spacial score (nSPS) is 10.4. The summed E-state index contributed by atoms with van der Waals surface area (Å²) in [6.45, 7) is 0. The van der Waals surface area contributed by atoms with Gasteiger partial charge in [-0.15, -0.1) is 0 Å². The zero-order chi connectivity index (χ0) is 11.0. The number of hydrogen-bond donors (Lipinski definition) is 0. The molecular formula is C13H7N3. The Bertz CT molecular complexity index is 682. The van der Waals surface area contributed by atoms with E-state index in [9.17, 15) is 0 Å². The molecule has 0 fully saturated rings. The van der Waals surface area contributed by atoms with Crippen LogP contribution in [-0.2, 0) is 0 Å². The lowest BCUT2D eigenvalue weighted by Gasteiger charge is -1.92. The van der Waals surface area contributed by atoms with E-state index in [1.54, 1.807) is 6.20 Å². The highest BCUT2D eigenvalue weighted by molar-refractivity contribution is 5.87. The van der Waals surface area contributed by atoms with Crippen LogP contribution in [0.3, 0.4) is 0 Å². The molecular weight excluding hydrogens is 198 g/mol. The first-order chi connectivity index (χ1) is 7.86. The summed E-state index contributed by atoms with van der Waals surface area (Å²) in [5.74, 6) is 0. The van der Waals surface area contributed by atoms with Gasteiger partial charge in [0.1, 0.15) is 0 Å². The van der Waals surface area contributed by atoms with Gasteiger partial charge >= 0.3 is 0 Å². The summed E-state index contributed by atoms with van der Waals surface area (Å²) in [5.41, 5.74) is 2.55. The van der Waals surface area contributed by atoms with E-state index < -0.39 is 0 Å². The van der Waals surface area contributed by atoms with Gasteiger partial charge in [-0.25, -0.2) is 0 Å². The lowest BCUT2D eigenvalue weighted by atomic mass is 10.1. The highest BCUT2D eigenvalue weighted by Crippen LogP contribution is 2.23. The molecule has 0 saturated carbocycles. The van der Waals surface area contributed by atoms with Gasteiger partial charge in [0.2, 0.25) is 0 Å². The van der Waals surface area contributed by atoms with Crippen molar-refractivity contribution in [3.63, 3.8) is 0 Å². The van der Waals surface area contributed by atoms with Crippen LogP contribution < -0.4 is 0 Å². The van der Waals surface area contributed by atoms with Gasteiger partial charge in [0.05, 0.1) is 23.5 Å². The molecule has 1 aromatic rings. The highest BCUT2D eigenvalue weighted by Gasteiger charge is 2.03. The summed E-state index contributed by atoms with van der Waals surface area (Å²) in [5, 5.41) is 18.8. The van der Waals surface area contributed by atoms with Crippen LogP contribution in [0.25, 0.3) is 22.0 Å². The second-order valence-electron chi connectivity index (χ2n) is 3.62. The molecule has 1 heterocycles. The molecule has 3 nitrogen and oxygen atoms in total. The van der Waals surface area contributed by atoms with Gasteiger partial charge in [-0.2, -0.15) is 15.5 Å². The fourth-order valence-corrected chi connectivity index (χ4v) is 1.77. The van der Waals surface area contributed by atoms with Gasteiger partial charge in [0.25, 0.3) is 0 Å². The average Bonchev–Trinajstić information content (AvgIpc) is 2.68. The van der Waals surface area contributed by atoms with Crippen molar-refractivity contribution in [2.24, 2.45) is 0 Å². The second-order valence-corrected chi connectivity index (χ2v) is 3.62. The van der Waals surface area contributed by atoms with E-state index in [2.05, 4.69) is 16.3 Å². The maximum atomic E-state index is 8.84. The molecule has 1 aromatic carbocycles. The van der Waals surface area contributed by atoms with Crippen molar-refractivity contribution in [1.82, 2.24) is 10.2 Å². The number of nitriles is 1. The van der Waals surface area contributed by atoms with E-state index in [4.69, 9.17) is 5.26 Å². The summed E-state index contributed by atoms with van der Waals surface area (Å²) in [6.07, 6.45) is 1.74. The Hall–Kier alpha value is -2.47. The van der Waals surface area contributed by atoms with Crippen LogP contribution in [0.5, 0.6) is 0 Å². The zero-order valence-electron chi connectivity index (χ0n) is 8.38. The molecule has 0 N–H and O–H groups in total. The maximum Gasteiger partial charge on any atom is 0.0991 e. The number of fused-ring (bicyclic) bond motifs is 2. The lowest BCUT2D eigenvalue weighted by Crippen LogP contribution is -1.72. The summed E-state index contributed by atoms with van der Waals surface area (Å²) >= 11 is 0. The fraction of sp³-hybridized carbons (Fsp3) is 0. The Morgan fingerprint density at radius 2 is 1.81 bits per heavy atom. The van der Waals surface area contributed by atoms with Crippen LogP contribution in [0.2, 0.25) is 0 Å². The minimum Gasteiger partial charge on any atom is -0.192 e. The van der Waals surface area contributed by atoms with Crippen LogP contribution in [0, 0.1) is 11.3 Å². The first-order valence-corrected chi connectivity index (χ1v) is 4.92. The predicted octanol–water partition coefficient (Wildman–Crippen LogP) is 2.61. The molecule has 3 heteroatoms. The molecule has 0 atom stereocenters. The predicted molar refractivity (Wildman–Crippen MR) is 60.9 cm³/mol. The van der Waals surface area contributed by atoms with Gasteiger partial charge < -0.3 is 0 Å². The largest absolute Gasteiger partial charge is 0.192 e.